The number of amides is 1. The second-order valence-corrected chi connectivity index (χ2v) is 10.0. The van der Waals surface area contributed by atoms with Gasteiger partial charge in [-0.1, -0.05) is 25.8 Å². The molecule has 0 unspecified atom stereocenters. The van der Waals surface area contributed by atoms with Crippen molar-refractivity contribution in [3.05, 3.63) is 53.6 Å². The summed E-state index contributed by atoms with van der Waals surface area (Å²) in [6.07, 6.45) is 3.81. The summed E-state index contributed by atoms with van der Waals surface area (Å²) in [7, 11) is -3.50. The van der Waals surface area contributed by atoms with Crippen LogP contribution in [0.25, 0.3) is 0 Å². The predicted molar refractivity (Wildman–Crippen MR) is 123 cm³/mol. The molecule has 2 aromatic carbocycles. The summed E-state index contributed by atoms with van der Waals surface area (Å²) >= 11 is 0. The van der Waals surface area contributed by atoms with E-state index in [1.54, 1.807) is 28.6 Å². The molecule has 0 saturated carbocycles. The minimum absolute atomic E-state index is 0.255. The zero-order chi connectivity index (χ0) is 22.4. The Balaban J connectivity index is 1.66. The summed E-state index contributed by atoms with van der Waals surface area (Å²) in [6.45, 7) is 7.05. The maximum Gasteiger partial charge on any atom is 0.265 e. The van der Waals surface area contributed by atoms with Crippen molar-refractivity contribution in [3.63, 3.8) is 0 Å². The number of carbonyl (C=O) groups is 1. The van der Waals surface area contributed by atoms with Crippen LogP contribution in [0.5, 0.6) is 5.75 Å². The lowest BCUT2D eigenvalue weighted by Gasteiger charge is -2.20. The number of sulfonamides is 1. The van der Waals surface area contributed by atoms with E-state index in [2.05, 4.69) is 5.32 Å². The number of anilines is 1. The summed E-state index contributed by atoms with van der Waals surface area (Å²) in [5.41, 5.74) is 2.82. The van der Waals surface area contributed by atoms with Crippen molar-refractivity contribution < 1.29 is 17.9 Å². The number of aryl methyl sites for hydroxylation is 2. The van der Waals surface area contributed by atoms with E-state index in [0.717, 1.165) is 31.2 Å². The third-order valence-electron chi connectivity index (χ3n) is 5.74. The lowest BCUT2D eigenvalue weighted by molar-refractivity contribution is -0.122. The number of nitrogens with zero attached hydrogens (tertiary/aromatic N) is 1. The van der Waals surface area contributed by atoms with Crippen LogP contribution in [0.3, 0.4) is 0 Å². The molecular formula is C24H32N2O4S. The Morgan fingerprint density at radius 1 is 1.00 bits per heavy atom. The topological polar surface area (TPSA) is 75.7 Å². The highest BCUT2D eigenvalue weighted by Crippen LogP contribution is 2.23. The molecular weight excluding hydrogens is 412 g/mol. The van der Waals surface area contributed by atoms with E-state index in [0.29, 0.717) is 30.9 Å². The second kappa shape index (κ2) is 10.3. The van der Waals surface area contributed by atoms with Crippen molar-refractivity contribution in [1.29, 1.82) is 0 Å². The van der Waals surface area contributed by atoms with E-state index < -0.39 is 16.1 Å². The second-order valence-electron chi connectivity index (χ2n) is 8.09. The summed E-state index contributed by atoms with van der Waals surface area (Å²) < 4.78 is 33.3. The molecule has 2 aromatic rings. The SMILES string of the molecule is CC[C@H](Oc1ccc(C)c(C)c1)C(=O)Nc1ccc(S(=O)(=O)N2CCCCCC2)cc1. The first-order chi connectivity index (χ1) is 14.8. The van der Waals surface area contributed by atoms with Crippen molar-refractivity contribution in [2.45, 2.75) is 63.9 Å². The Kier molecular flexibility index (Phi) is 7.73. The minimum Gasteiger partial charge on any atom is -0.481 e. The summed E-state index contributed by atoms with van der Waals surface area (Å²) in [6, 6.07) is 12.1. The molecule has 1 atom stereocenters. The van der Waals surface area contributed by atoms with Crippen LogP contribution < -0.4 is 10.1 Å². The molecule has 0 spiro atoms. The van der Waals surface area contributed by atoms with Crippen LogP contribution in [0.1, 0.15) is 50.2 Å². The van der Waals surface area contributed by atoms with Gasteiger partial charge in [0.05, 0.1) is 4.90 Å². The summed E-state index contributed by atoms with van der Waals surface area (Å²) in [5, 5.41) is 2.84. The first-order valence-corrected chi connectivity index (χ1v) is 12.4. The molecule has 0 aromatic heterocycles. The molecule has 1 saturated heterocycles. The van der Waals surface area contributed by atoms with Crippen molar-refractivity contribution >= 4 is 21.6 Å². The molecule has 1 fully saturated rings. The molecule has 1 heterocycles. The van der Waals surface area contributed by atoms with E-state index in [-0.39, 0.29) is 10.8 Å². The fraction of sp³-hybridized carbons (Fsp3) is 0.458. The standard InChI is InChI=1S/C24H32N2O4S/c1-4-23(30-21-12-9-18(2)19(3)17-21)24(27)25-20-10-13-22(14-11-20)31(28,29)26-15-7-5-6-8-16-26/h9-14,17,23H,4-8,15-16H2,1-3H3,(H,25,27)/t23-/m0/s1. The highest BCUT2D eigenvalue weighted by Gasteiger charge is 2.25. The first kappa shape index (κ1) is 23.3. The van der Waals surface area contributed by atoms with Crippen LogP contribution in [0, 0.1) is 13.8 Å². The average molecular weight is 445 g/mol. The molecule has 0 radical (unpaired) electrons. The molecule has 1 aliphatic rings. The molecule has 0 aliphatic carbocycles. The zero-order valence-electron chi connectivity index (χ0n) is 18.6. The molecule has 31 heavy (non-hydrogen) atoms. The van der Waals surface area contributed by atoms with Crippen LogP contribution in [-0.2, 0) is 14.8 Å². The predicted octanol–water partition coefficient (Wildman–Crippen LogP) is 4.66. The Labute approximate surface area is 185 Å². The van der Waals surface area contributed by atoms with Crippen LogP contribution in [0.15, 0.2) is 47.4 Å². The Hall–Kier alpha value is -2.38. The van der Waals surface area contributed by atoms with Gasteiger partial charge in [-0.15, -0.1) is 0 Å². The number of nitrogens with one attached hydrogen (secondary N) is 1. The van der Waals surface area contributed by atoms with Gasteiger partial charge in [0.1, 0.15) is 5.75 Å². The normalized spacial score (nSPS) is 16.4. The molecule has 1 amide bonds. The maximum absolute atomic E-state index is 12.9. The third-order valence-corrected chi connectivity index (χ3v) is 7.66. The van der Waals surface area contributed by atoms with Gasteiger partial charge in [-0.25, -0.2) is 8.42 Å². The van der Waals surface area contributed by atoms with Gasteiger partial charge in [-0.05, 0) is 80.6 Å². The van der Waals surface area contributed by atoms with Gasteiger partial charge in [-0.3, -0.25) is 4.79 Å². The van der Waals surface area contributed by atoms with E-state index >= 15 is 0 Å². The smallest absolute Gasteiger partial charge is 0.265 e. The van der Waals surface area contributed by atoms with E-state index in [1.807, 2.05) is 39.0 Å². The van der Waals surface area contributed by atoms with Gasteiger partial charge in [0, 0.05) is 18.8 Å². The van der Waals surface area contributed by atoms with Crippen molar-refractivity contribution in [3.8, 4) is 5.75 Å². The monoisotopic (exact) mass is 444 g/mol. The van der Waals surface area contributed by atoms with Gasteiger partial charge in [-0.2, -0.15) is 4.31 Å². The maximum atomic E-state index is 12.9. The Morgan fingerprint density at radius 2 is 1.65 bits per heavy atom. The fourth-order valence-electron chi connectivity index (χ4n) is 3.64. The van der Waals surface area contributed by atoms with Gasteiger partial charge >= 0.3 is 0 Å². The average Bonchev–Trinajstić information content (AvgIpc) is 3.05. The first-order valence-electron chi connectivity index (χ1n) is 11.0. The Morgan fingerprint density at radius 3 is 2.23 bits per heavy atom. The lowest BCUT2D eigenvalue weighted by Crippen LogP contribution is -2.33. The zero-order valence-corrected chi connectivity index (χ0v) is 19.4. The molecule has 3 rings (SSSR count). The highest BCUT2D eigenvalue weighted by atomic mass is 32.2. The van der Waals surface area contributed by atoms with Crippen LogP contribution >= 0.6 is 0 Å². The minimum atomic E-state index is -3.50. The molecule has 6 nitrogen and oxygen atoms in total. The summed E-state index contributed by atoms with van der Waals surface area (Å²) in [4.78, 5) is 13.0. The quantitative estimate of drug-likeness (QED) is 0.674. The van der Waals surface area contributed by atoms with E-state index in [9.17, 15) is 13.2 Å². The van der Waals surface area contributed by atoms with Gasteiger partial charge in [0.2, 0.25) is 10.0 Å². The summed E-state index contributed by atoms with van der Waals surface area (Å²) in [5.74, 6) is 0.396. The van der Waals surface area contributed by atoms with Gasteiger partial charge < -0.3 is 10.1 Å². The van der Waals surface area contributed by atoms with Crippen molar-refractivity contribution in [2.75, 3.05) is 18.4 Å². The van der Waals surface area contributed by atoms with Crippen LogP contribution in [0.4, 0.5) is 5.69 Å². The van der Waals surface area contributed by atoms with Crippen LogP contribution in [-0.4, -0.2) is 37.8 Å². The number of hydrogen-bond acceptors (Lipinski definition) is 4. The number of carbonyl (C=O) groups excluding carboxylic acids is 1. The van der Waals surface area contributed by atoms with Crippen molar-refractivity contribution in [2.24, 2.45) is 0 Å². The third kappa shape index (κ3) is 5.86. The van der Waals surface area contributed by atoms with Crippen molar-refractivity contribution in [1.82, 2.24) is 4.31 Å². The van der Waals surface area contributed by atoms with E-state index in [1.165, 1.54) is 5.56 Å². The highest BCUT2D eigenvalue weighted by molar-refractivity contribution is 7.89. The number of rotatable bonds is 7. The Bertz CT molecular complexity index is 995. The van der Waals surface area contributed by atoms with Gasteiger partial charge in [0.25, 0.3) is 5.91 Å². The van der Waals surface area contributed by atoms with Crippen LogP contribution in [0.2, 0.25) is 0 Å². The molecule has 168 valence electrons. The van der Waals surface area contributed by atoms with E-state index in [4.69, 9.17) is 4.74 Å². The lowest BCUT2D eigenvalue weighted by atomic mass is 10.1. The number of ether oxygens (including phenoxy) is 1. The molecule has 7 heteroatoms. The molecule has 0 bridgehead atoms. The number of hydrogen-bond donors (Lipinski definition) is 1. The number of benzene rings is 2. The largest absolute Gasteiger partial charge is 0.481 e. The fourth-order valence-corrected chi connectivity index (χ4v) is 5.15. The molecule has 1 N–H and O–H groups in total. The molecule has 1 aliphatic heterocycles. The van der Waals surface area contributed by atoms with Gasteiger partial charge in [0.15, 0.2) is 6.10 Å².